The predicted octanol–water partition coefficient (Wildman–Crippen LogP) is 2.04. The van der Waals surface area contributed by atoms with Crippen molar-refractivity contribution in [3.63, 3.8) is 0 Å². The number of hydrogen-bond acceptors (Lipinski definition) is 3. The van der Waals surface area contributed by atoms with Crippen molar-refractivity contribution in [1.82, 2.24) is 4.72 Å². The van der Waals surface area contributed by atoms with Crippen LogP contribution in [-0.4, -0.2) is 30.0 Å². The lowest BCUT2D eigenvalue weighted by molar-refractivity contribution is -0.0447. The van der Waals surface area contributed by atoms with E-state index in [0.29, 0.717) is 5.54 Å². The summed E-state index contributed by atoms with van der Waals surface area (Å²) in [6.07, 6.45) is 0.195. The molecule has 0 aromatic carbocycles. The van der Waals surface area contributed by atoms with Gasteiger partial charge in [0.15, 0.2) is 0 Å². The van der Waals surface area contributed by atoms with Crippen LogP contribution in [0.4, 0.5) is 13.2 Å². The number of halogens is 3. The van der Waals surface area contributed by atoms with Gasteiger partial charge in [0.2, 0.25) is 0 Å². The molecule has 0 saturated carbocycles. The van der Waals surface area contributed by atoms with E-state index < -0.39 is 25.1 Å². The Labute approximate surface area is 128 Å². The molecule has 0 spiro atoms. The Balaban J connectivity index is 2.62. The molecule has 1 aromatic heterocycles. The second kappa shape index (κ2) is 7.44. The van der Waals surface area contributed by atoms with Crippen LogP contribution in [-0.2, 0) is 16.4 Å². The molecule has 1 aromatic rings. The fourth-order valence-corrected chi connectivity index (χ4v) is 3.45. The van der Waals surface area contributed by atoms with Crippen LogP contribution >= 0.6 is 11.3 Å². The summed E-state index contributed by atoms with van der Waals surface area (Å²) >= 11 is 1.36. The highest BCUT2D eigenvalue weighted by atomic mass is 32.2. The smallest absolute Gasteiger partial charge is 0.207 e. The Morgan fingerprint density at radius 1 is 1.43 bits per heavy atom. The Bertz CT molecular complexity index is 627. The van der Waals surface area contributed by atoms with E-state index >= 15 is 0 Å². The number of hydrogen-bond donors (Lipinski definition) is 1. The minimum atomic E-state index is -5.27. The number of alkyl halides is 3. The highest BCUT2D eigenvalue weighted by molar-refractivity contribution is 7.90. The second-order valence-electron chi connectivity index (χ2n) is 4.75. The zero-order chi connectivity index (χ0) is 16.1. The van der Waals surface area contributed by atoms with Crippen LogP contribution in [0.5, 0.6) is 0 Å². The van der Waals surface area contributed by atoms with Crippen LogP contribution in [0.1, 0.15) is 24.3 Å². The lowest BCUT2D eigenvalue weighted by Crippen LogP contribution is -2.37. The van der Waals surface area contributed by atoms with E-state index in [4.69, 9.17) is 0 Å². The summed E-state index contributed by atoms with van der Waals surface area (Å²) in [5.74, 6) is 3.03. The third-order valence-corrected chi connectivity index (χ3v) is 5.80. The molecule has 0 atom stereocenters. The van der Waals surface area contributed by atoms with E-state index in [-0.39, 0.29) is 13.0 Å². The van der Waals surface area contributed by atoms with Gasteiger partial charge >= 0.3 is 15.5 Å². The molecule has 0 unspecified atom stereocenters. The number of rotatable bonds is 5. The number of sulfonamides is 1. The first-order valence-electron chi connectivity index (χ1n) is 6.24. The highest BCUT2D eigenvalue weighted by Crippen LogP contribution is 2.22. The Morgan fingerprint density at radius 3 is 2.67 bits per heavy atom. The lowest BCUT2D eigenvalue weighted by Gasteiger charge is -2.08. The van der Waals surface area contributed by atoms with Crippen LogP contribution in [0.2, 0.25) is 5.54 Å². The maximum Gasteiger partial charge on any atom is 0.511 e. The normalized spacial score (nSPS) is 12.9. The molecule has 0 saturated heterocycles. The largest absolute Gasteiger partial charge is 0.511 e. The zero-order valence-corrected chi connectivity index (χ0v) is 14.7. The van der Waals surface area contributed by atoms with Crippen LogP contribution in [0, 0.1) is 11.5 Å². The fraction of sp³-hybridized carbons (Fsp3) is 0.500. The zero-order valence-electron chi connectivity index (χ0n) is 11.6. The first-order chi connectivity index (χ1) is 9.63. The minimum Gasteiger partial charge on any atom is -0.207 e. The first-order valence-corrected chi connectivity index (χ1v) is 10.1. The van der Waals surface area contributed by atoms with Gasteiger partial charge in [-0.3, -0.25) is 0 Å². The molecule has 0 aliphatic carbocycles. The van der Waals surface area contributed by atoms with E-state index in [2.05, 4.69) is 25.3 Å². The van der Waals surface area contributed by atoms with Crippen LogP contribution in [0.3, 0.4) is 0 Å². The van der Waals surface area contributed by atoms with Gasteiger partial charge < -0.3 is 0 Å². The average molecular weight is 355 g/mol. The van der Waals surface area contributed by atoms with Gasteiger partial charge in [0.1, 0.15) is 9.52 Å². The molecule has 0 aliphatic rings. The molecule has 0 radical (unpaired) electrons. The molecule has 1 rings (SSSR count). The van der Waals surface area contributed by atoms with Gasteiger partial charge in [0, 0.05) is 17.0 Å². The minimum absolute atomic E-state index is 0.195. The van der Waals surface area contributed by atoms with Gasteiger partial charge in [-0.1, -0.05) is 19.8 Å². The van der Waals surface area contributed by atoms with Crippen LogP contribution in [0.15, 0.2) is 11.4 Å². The Hall–Kier alpha value is -0.823. The van der Waals surface area contributed by atoms with E-state index in [1.165, 1.54) is 11.3 Å². The summed E-state index contributed by atoms with van der Waals surface area (Å²) in [5.41, 5.74) is -0.776. The van der Waals surface area contributed by atoms with E-state index in [1.54, 1.807) is 16.2 Å². The van der Waals surface area contributed by atoms with Crippen molar-refractivity contribution >= 4 is 30.9 Å². The van der Waals surface area contributed by atoms with Crippen molar-refractivity contribution in [2.75, 3.05) is 6.54 Å². The molecule has 21 heavy (non-hydrogen) atoms. The molecule has 0 aliphatic heterocycles. The van der Waals surface area contributed by atoms with Crippen LogP contribution < -0.4 is 4.72 Å². The standard InChI is InChI=1S/C12H16F3NO2S2Si/c1-9(2)21-8-5-10-4-7-19-11(10)3-6-16-20(17,18)12(13,14)15/h4,7,9,16H,3,6,21H2,1-2H3. The summed E-state index contributed by atoms with van der Waals surface area (Å²) in [4.78, 5) is 0.796. The summed E-state index contributed by atoms with van der Waals surface area (Å²) in [6.45, 7) is 3.90. The SMILES string of the molecule is CC(C)[SiH2]C#Cc1ccsc1CCNS(=O)(=O)C(F)(F)F. The number of thiophene rings is 1. The first kappa shape index (κ1) is 18.2. The Kier molecular flexibility index (Phi) is 6.46. The summed E-state index contributed by atoms with van der Waals surface area (Å²) in [7, 11) is -5.74. The predicted molar refractivity (Wildman–Crippen MR) is 81.5 cm³/mol. The van der Waals surface area contributed by atoms with Gasteiger partial charge in [-0.15, -0.1) is 16.9 Å². The third kappa shape index (κ3) is 5.82. The van der Waals surface area contributed by atoms with Crippen molar-refractivity contribution in [2.24, 2.45) is 0 Å². The maximum atomic E-state index is 12.2. The quantitative estimate of drug-likeness (QED) is 0.649. The monoisotopic (exact) mass is 355 g/mol. The third-order valence-electron chi connectivity index (χ3n) is 2.43. The summed E-state index contributed by atoms with van der Waals surface area (Å²) in [5, 5.41) is 1.80. The molecule has 9 heteroatoms. The molecule has 1 N–H and O–H groups in total. The molecule has 0 amide bonds. The molecule has 0 fully saturated rings. The van der Waals surface area contributed by atoms with Crippen molar-refractivity contribution in [3.8, 4) is 11.5 Å². The molecule has 1 heterocycles. The summed E-state index contributed by atoms with van der Waals surface area (Å²) in [6, 6.07) is 1.81. The average Bonchev–Trinajstić information content (AvgIpc) is 2.74. The van der Waals surface area contributed by atoms with E-state index in [9.17, 15) is 21.6 Å². The molecular formula is C12H16F3NO2S2Si. The fourth-order valence-electron chi connectivity index (χ4n) is 1.38. The lowest BCUT2D eigenvalue weighted by atomic mass is 10.2. The van der Waals surface area contributed by atoms with Crippen molar-refractivity contribution < 1.29 is 21.6 Å². The van der Waals surface area contributed by atoms with Crippen molar-refractivity contribution in [3.05, 3.63) is 21.9 Å². The highest BCUT2D eigenvalue weighted by Gasteiger charge is 2.45. The molecule has 118 valence electrons. The van der Waals surface area contributed by atoms with Crippen LogP contribution in [0.25, 0.3) is 0 Å². The number of nitrogens with one attached hydrogen (secondary N) is 1. The maximum absolute atomic E-state index is 12.2. The van der Waals surface area contributed by atoms with Gasteiger partial charge in [0.05, 0.1) is 0 Å². The van der Waals surface area contributed by atoms with E-state index in [1.807, 2.05) is 0 Å². The molecule has 3 nitrogen and oxygen atoms in total. The van der Waals surface area contributed by atoms with Crippen molar-refractivity contribution in [2.45, 2.75) is 31.3 Å². The molecular weight excluding hydrogens is 339 g/mol. The van der Waals surface area contributed by atoms with Crippen molar-refractivity contribution in [1.29, 1.82) is 0 Å². The topological polar surface area (TPSA) is 46.2 Å². The summed E-state index contributed by atoms with van der Waals surface area (Å²) < 4.78 is 59.7. The van der Waals surface area contributed by atoms with Gasteiger partial charge in [-0.2, -0.15) is 13.2 Å². The van der Waals surface area contributed by atoms with E-state index in [0.717, 1.165) is 10.4 Å². The second-order valence-corrected chi connectivity index (χ2v) is 9.90. The van der Waals surface area contributed by atoms with Gasteiger partial charge in [-0.25, -0.2) is 13.1 Å². The molecule has 0 bridgehead atoms. The van der Waals surface area contributed by atoms with Gasteiger partial charge in [-0.05, 0) is 23.4 Å². The Morgan fingerprint density at radius 2 is 2.10 bits per heavy atom. The van der Waals surface area contributed by atoms with Gasteiger partial charge in [0.25, 0.3) is 0 Å².